The zero-order valence-electron chi connectivity index (χ0n) is 19.1. The van der Waals surface area contributed by atoms with E-state index in [1.165, 1.54) is 30.9 Å². The maximum Gasteiger partial charge on any atom is 0.337 e. The summed E-state index contributed by atoms with van der Waals surface area (Å²) in [6.45, 7) is 0. The Morgan fingerprint density at radius 1 is 0.944 bits per heavy atom. The Kier molecular flexibility index (Phi) is 6.55. The third-order valence-corrected chi connectivity index (χ3v) is 6.79. The summed E-state index contributed by atoms with van der Waals surface area (Å²) in [5.41, 5.74) is 7.95. The van der Waals surface area contributed by atoms with Gasteiger partial charge in [-0.25, -0.2) is 9.59 Å². The van der Waals surface area contributed by atoms with E-state index in [0.717, 1.165) is 11.3 Å². The van der Waals surface area contributed by atoms with Crippen LogP contribution in [-0.4, -0.2) is 30.7 Å². The minimum Gasteiger partial charge on any atom is -0.465 e. The number of aromatic nitrogens is 1. The second kappa shape index (κ2) is 9.74. The van der Waals surface area contributed by atoms with Gasteiger partial charge in [0.05, 0.1) is 59.1 Å². The van der Waals surface area contributed by atoms with Crippen molar-refractivity contribution in [2.75, 3.05) is 14.2 Å². The predicted molar refractivity (Wildman–Crippen MR) is 132 cm³/mol. The summed E-state index contributed by atoms with van der Waals surface area (Å²) in [4.78, 5) is 36.7. The van der Waals surface area contributed by atoms with Crippen molar-refractivity contribution in [3.05, 3.63) is 95.9 Å². The largest absolute Gasteiger partial charge is 0.465 e. The van der Waals surface area contributed by atoms with Crippen LogP contribution < -0.4 is 20.5 Å². The predicted octanol–water partition coefficient (Wildman–Crippen LogP) is 1.43. The number of ether oxygens (including phenoxy) is 2. The maximum absolute atomic E-state index is 13.2. The summed E-state index contributed by atoms with van der Waals surface area (Å²) < 4.78 is 11.2. The maximum atomic E-state index is 13.2. The number of hydrogen-bond acceptors (Lipinski definition) is 9. The van der Waals surface area contributed by atoms with Crippen molar-refractivity contribution in [3.8, 4) is 12.1 Å². The van der Waals surface area contributed by atoms with Crippen molar-refractivity contribution in [2.24, 2.45) is 5.73 Å². The molecule has 0 amide bonds. The first-order chi connectivity index (χ1) is 17.3. The summed E-state index contributed by atoms with van der Waals surface area (Å²) in [5, 5.41) is 19.9. The van der Waals surface area contributed by atoms with E-state index in [1.807, 2.05) is 6.07 Å². The second-order valence-electron chi connectivity index (χ2n) is 7.65. The van der Waals surface area contributed by atoms with Crippen LogP contribution in [0.15, 0.2) is 58.9 Å². The molecule has 1 aliphatic heterocycles. The van der Waals surface area contributed by atoms with Crippen LogP contribution in [0.25, 0.3) is 17.5 Å². The molecule has 1 aromatic heterocycles. The number of methoxy groups -OCH3 is 2. The molecule has 9 nitrogen and oxygen atoms in total. The minimum absolute atomic E-state index is 0.0544. The quantitative estimate of drug-likeness (QED) is 0.531. The molecule has 1 aliphatic rings. The molecule has 0 spiro atoms. The number of thiazole rings is 1. The van der Waals surface area contributed by atoms with Crippen LogP contribution in [0.1, 0.15) is 37.8 Å². The number of esters is 2. The van der Waals surface area contributed by atoms with Crippen LogP contribution in [0.2, 0.25) is 0 Å². The molecule has 36 heavy (non-hydrogen) atoms. The van der Waals surface area contributed by atoms with E-state index >= 15 is 0 Å². The first-order valence-corrected chi connectivity index (χ1v) is 11.3. The van der Waals surface area contributed by atoms with Gasteiger partial charge in [-0.15, -0.1) is 11.3 Å². The standard InChI is InChI=1S/C26H18N4O5S/c1-34-25(32)16-5-3-14(4-6-16)11-20-23(31)30-22(29)18(12-27)21(19(13-28)24(30)36-20)15-7-9-17(10-8-15)26(33)35-2/h3-11,21H,29H2,1-2H3/b20-11-/t21-/m1/s1. The number of hydrogen-bond donors (Lipinski definition) is 1. The highest BCUT2D eigenvalue weighted by atomic mass is 32.1. The van der Waals surface area contributed by atoms with Gasteiger partial charge >= 0.3 is 11.9 Å². The fourth-order valence-corrected chi connectivity index (χ4v) is 5.03. The SMILES string of the molecule is COC(=O)c1ccc(/C=c2\sc3n(c2=O)C(N)=C(C#N)[C@@H](c2ccc(C(=O)OC)cc2)C=3C#N)cc1. The van der Waals surface area contributed by atoms with E-state index in [0.29, 0.717) is 31.4 Å². The van der Waals surface area contributed by atoms with Crippen LogP contribution in [0.4, 0.5) is 0 Å². The van der Waals surface area contributed by atoms with Gasteiger partial charge in [0.2, 0.25) is 0 Å². The lowest BCUT2D eigenvalue weighted by Crippen LogP contribution is -2.38. The van der Waals surface area contributed by atoms with Gasteiger partial charge < -0.3 is 15.2 Å². The molecule has 1 atom stereocenters. The van der Waals surface area contributed by atoms with E-state index in [4.69, 9.17) is 15.2 Å². The zero-order valence-corrected chi connectivity index (χ0v) is 20.0. The Morgan fingerprint density at radius 3 is 1.97 bits per heavy atom. The van der Waals surface area contributed by atoms with Crippen molar-refractivity contribution in [3.63, 3.8) is 0 Å². The van der Waals surface area contributed by atoms with E-state index in [2.05, 4.69) is 6.07 Å². The molecule has 0 fully saturated rings. The highest BCUT2D eigenvalue weighted by Crippen LogP contribution is 2.35. The lowest BCUT2D eigenvalue weighted by molar-refractivity contribution is 0.0592. The van der Waals surface area contributed by atoms with Gasteiger partial charge in [0.1, 0.15) is 10.5 Å². The van der Waals surface area contributed by atoms with Gasteiger partial charge in [-0.2, -0.15) is 10.5 Å². The minimum atomic E-state index is -0.808. The fourth-order valence-electron chi connectivity index (χ4n) is 3.90. The summed E-state index contributed by atoms with van der Waals surface area (Å²) in [6.07, 6.45) is 1.62. The molecule has 2 aromatic carbocycles. The van der Waals surface area contributed by atoms with Crippen molar-refractivity contribution in [2.45, 2.75) is 5.92 Å². The van der Waals surface area contributed by atoms with Crippen LogP contribution >= 0.6 is 11.3 Å². The smallest absolute Gasteiger partial charge is 0.337 e. The molecular formula is C26H18N4O5S. The summed E-state index contributed by atoms with van der Waals surface area (Å²) in [7, 11) is 2.56. The van der Waals surface area contributed by atoms with E-state index in [1.54, 1.807) is 42.5 Å². The van der Waals surface area contributed by atoms with Crippen molar-refractivity contribution >= 4 is 40.7 Å². The lowest BCUT2D eigenvalue weighted by atomic mass is 9.84. The molecule has 0 unspecified atom stereocenters. The molecule has 4 rings (SSSR count). The normalized spacial score (nSPS) is 15.1. The molecule has 0 saturated heterocycles. The number of carbonyl (C=O) groups excluding carboxylic acids is 2. The van der Waals surface area contributed by atoms with Crippen LogP contribution in [0.3, 0.4) is 0 Å². The average molecular weight is 499 g/mol. The van der Waals surface area contributed by atoms with Crippen LogP contribution in [0.5, 0.6) is 0 Å². The highest BCUT2D eigenvalue weighted by Gasteiger charge is 2.32. The summed E-state index contributed by atoms with van der Waals surface area (Å²) >= 11 is 1.08. The Balaban J connectivity index is 1.90. The van der Waals surface area contributed by atoms with Gasteiger partial charge in [-0.1, -0.05) is 24.3 Å². The van der Waals surface area contributed by atoms with E-state index in [9.17, 15) is 24.9 Å². The molecule has 0 saturated carbocycles. The lowest BCUT2D eigenvalue weighted by Gasteiger charge is -2.22. The zero-order chi connectivity index (χ0) is 26.0. The Morgan fingerprint density at radius 2 is 1.47 bits per heavy atom. The van der Waals surface area contributed by atoms with E-state index in [-0.39, 0.29) is 17.0 Å². The average Bonchev–Trinajstić information content (AvgIpc) is 3.23. The topological polar surface area (TPSA) is 148 Å². The molecule has 178 valence electrons. The number of allylic oxidation sites excluding steroid dienone is 1. The van der Waals surface area contributed by atoms with Crippen molar-refractivity contribution in [1.82, 2.24) is 4.57 Å². The Bertz CT molecular complexity index is 1680. The number of nitrogens with zero attached hydrogens (tertiary/aromatic N) is 3. The highest BCUT2D eigenvalue weighted by molar-refractivity contribution is 7.07. The number of fused-ring (bicyclic) bond motifs is 1. The number of nitriles is 2. The monoisotopic (exact) mass is 498 g/mol. The van der Waals surface area contributed by atoms with Gasteiger partial charge in [-0.05, 0) is 41.5 Å². The number of carbonyl (C=O) groups is 2. The first kappa shape index (κ1) is 24.2. The van der Waals surface area contributed by atoms with Gasteiger partial charge in [0, 0.05) is 0 Å². The molecule has 2 heterocycles. The Hall–Kier alpha value is -4.93. The molecule has 10 heteroatoms. The summed E-state index contributed by atoms with van der Waals surface area (Å²) in [6, 6.07) is 17.0. The third-order valence-electron chi connectivity index (χ3n) is 5.68. The first-order valence-electron chi connectivity index (χ1n) is 10.5. The van der Waals surface area contributed by atoms with E-state index < -0.39 is 23.4 Å². The van der Waals surface area contributed by atoms with Gasteiger partial charge in [-0.3, -0.25) is 9.36 Å². The third kappa shape index (κ3) is 4.06. The van der Waals surface area contributed by atoms with Crippen molar-refractivity contribution < 1.29 is 19.1 Å². The van der Waals surface area contributed by atoms with Gasteiger partial charge in [0.25, 0.3) is 5.56 Å². The molecule has 2 N–H and O–H groups in total. The molecule has 3 aromatic rings. The summed E-state index contributed by atoms with van der Waals surface area (Å²) in [5.74, 6) is -1.86. The second-order valence-corrected chi connectivity index (χ2v) is 8.68. The fraction of sp³-hybridized carbons (Fsp3) is 0.115. The number of rotatable bonds is 4. The van der Waals surface area contributed by atoms with Crippen LogP contribution in [0, 0.1) is 22.7 Å². The molecule has 0 radical (unpaired) electrons. The van der Waals surface area contributed by atoms with Gasteiger partial charge in [0.15, 0.2) is 0 Å². The molecule has 0 aliphatic carbocycles. The van der Waals surface area contributed by atoms with Crippen molar-refractivity contribution in [1.29, 1.82) is 10.5 Å². The number of nitrogens with two attached hydrogens (primary N) is 1. The number of benzene rings is 2. The Labute approximate surface area is 208 Å². The van der Waals surface area contributed by atoms with Crippen LogP contribution in [-0.2, 0) is 9.47 Å². The molecule has 0 bridgehead atoms. The molecular weight excluding hydrogens is 480 g/mol.